The van der Waals surface area contributed by atoms with Crippen LogP contribution in [-0.4, -0.2) is 21.8 Å². The van der Waals surface area contributed by atoms with Gasteiger partial charge in [0.1, 0.15) is 0 Å². The largest absolute Gasteiger partial charge is 0.270 e. The first kappa shape index (κ1) is 14.5. The Hall–Kier alpha value is -2.46. The minimum atomic E-state index is 0.710. The number of nitrogens with zero attached hydrogens (tertiary/aromatic N) is 4. The number of hydrogen-bond acceptors (Lipinski definition) is 3. The van der Waals surface area contributed by atoms with Gasteiger partial charge in [-0.25, -0.2) is 0 Å². The molecule has 0 unspecified atom stereocenters. The molecule has 0 aliphatic carbocycles. The molecule has 0 aliphatic heterocycles. The van der Waals surface area contributed by atoms with Crippen molar-refractivity contribution in [3.8, 4) is 22.3 Å². The predicted molar refractivity (Wildman–Crippen MR) is 88.4 cm³/mol. The quantitative estimate of drug-likeness (QED) is 0.728. The lowest BCUT2D eigenvalue weighted by Crippen LogP contribution is -2.23. The fraction of sp³-hybridized carbons (Fsp3) is 0.118. The molecule has 0 radical (unpaired) electrons. The maximum atomic E-state index is 5.99. The van der Waals surface area contributed by atoms with Crippen molar-refractivity contribution in [3.63, 3.8) is 0 Å². The van der Waals surface area contributed by atoms with Crippen LogP contribution in [0.4, 0.5) is 0 Å². The number of benzene rings is 1. The molecule has 0 spiro atoms. The Bertz CT molecular complexity index is 852. The average Bonchev–Trinajstić information content (AvgIpc) is 2.56. The third-order valence-corrected chi connectivity index (χ3v) is 3.73. The van der Waals surface area contributed by atoms with Gasteiger partial charge in [-0.2, -0.15) is 5.10 Å². The van der Waals surface area contributed by atoms with E-state index in [1.807, 2.05) is 55.8 Å². The van der Waals surface area contributed by atoms with Crippen LogP contribution < -0.4 is 5.49 Å². The summed E-state index contributed by atoms with van der Waals surface area (Å²) in [6.07, 6.45) is 5.44. The van der Waals surface area contributed by atoms with Crippen LogP contribution in [0.2, 0.25) is 5.02 Å². The maximum Gasteiger partial charge on any atom is 0.152 e. The molecule has 2 heterocycles. The van der Waals surface area contributed by atoms with E-state index in [9.17, 15) is 0 Å². The van der Waals surface area contributed by atoms with E-state index in [0.717, 1.165) is 27.7 Å². The van der Waals surface area contributed by atoms with Gasteiger partial charge >= 0.3 is 0 Å². The number of aryl methyl sites for hydroxylation is 1. The molecule has 0 saturated carbocycles. The molecule has 1 aromatic carbocycles. The summed E-state index contributed by atoms with van der Waals surface area (Å²) < 4.78 is 1.77. The van der Waals surface area contributed by atoms with Crippen LogP contribution >= 0.6 is 11.6 Å². The molecule has 110 valence electrons. The second-order valence-electron chi connectivity index (χ2n) is 4.85. The van der Waals surface area contributed by atoms with E-state index in [2.05, 4.69) is 15.1 Å². The summed E-state index contributed by atoms with van der Waals surface area (Å²) in [7, 11) is 3.65. The van der Waals surface area contributed by atoms with Crippen molar-refractivity contribution >= 4 is 11.6 Å². The van der Waals surface area contributed by atoms with Gasteiger partial charge in [0.05, 0.1) is 6.20 Å². The van der Waals surface area contributed by atoms with Crippen molar-refractivity contribution in [2.45, 2.75) is 0 Å². The van der Waals surface area contributed by atoms with Gasteiger partial charge in [0.25, 0.3) is 0 Å². The first-order chi connectivity index (χ1) is 10.7. The van der Waals surface area contributed by atoms with Crippen molar-refractivity contribution in [1.29, 1.82) is 0 Å². The Morgan fingerprint density at radius 2 is 1.82 bits per heavy atom. The maximum absolute atomic E-state index is 5.99. The molecule has 0 aliphatic rings. The summed E-state index contributed by atoms with van der Waals surface area (Å²) in [5.41, 5.74) is 4.87. The van der Waals surface area contributed by atoms with E-state index in [-0.39, 0.29) is 0 Å². The topological polar surface area (TPSA) is 43.1 Å². The van der Waals surface area contributed by atoms with E-state index in [4.69, 9.17) is 11.6 Å². The fourth-order valence-corrected chi connectivity index (χ4v) is 2.57. The van der Waals surface area contributed by atoms with Gasteiger partial charge in [-0.05, 0) is 23.8 Å². The number of aromatic nitrogens is 3. The molecular formula is C17H15ClN4. The van der Waals surface area contributed by atoms with Crippen LogP contribution in [0.25, 0.3) is 22.3 Å². The van der Waals surface area contributed by atoms with Crippen LogP contribution in [-0.2, 0) is 7.05 Å². The van der Waals surface area contributed by atoms with Gasteiger partial charge in [0, 0.05) is 48.2 Å². The lowest BCUT2D eigenvalue weighted by molar-refractivity contribution is 0.692. The van der Waals surface area contributed by atoms with E-state index < -0.39 is 0 Å². The standard InChI is InChI=1S/C17H15ClN4/c1-19-17-16(13-4-3-9-20-10-13)15(11-21-22(17)2)12-5-7-14(18)8-6-12/h3-11H,1-2H3. The second kappa shape index (κ2) is 6.12. The average molecular weight is 311 g/mol. The van der Waals surface area contributed by atoms with Crippen molar-refractivity contribution in [3.05, 3.63) is 65.5 Å². The van der Waals surface area contributed by atoms with Crippen LogP contribution in [0.1, 0.15) is 0 Å². The molecule has 3 rings (SSSR count). The fourth-order valence-electron chi connectivity index (χ4n) is 2.45. The molecular weight excluding hydrogens is 296 g/mol. The van der Waals surface area contributed by atoms with Crippen LogP contribution in [0, 0.1) is 0 Å². The molecule has 0 atom stereocenters. The van der Waals surface area contributed by atoms with Crippen molar-refractivity contribution in [2.75, 3.05) is 7.05 Å². The molecule has 22 heavy (non-hydrogen) atoms. The SMILES string of the molecule is CN=c1c(-c2cccnc2)c(-c2ccc(Cl)cc2)cnn1C. The molecule has 5 heteroatoms. The number of halogens is 1. The minimum absolute atomic E-state index is 0.710. The predicted octanol–water partition coefficient (Wildman–Crippen LogP) is 3.33. The van der Waals surface area contributed by atoms with Crippen molar-refractivity contribution in [1.82, 2.24) is 14.8 Å². The molecule has 3 aromatic rings. The number of hydrogen-bond donors (Lipinski definition) is 0. The Balaban J connectivity index is 2.34. The Kier molecular flexibility index (Phi) is 4.02. The molecule has 0 bridgehead atoms. The molecule has 0 saturated heterocycles. The lowest BCUT2D eigenvalue weighted by Gasteiger charge is -2.12. The number of pyridine rings is 1. The zero-order chi connectivity index (χ0) is 15.5. The Morgan fingerprint density at radius 1 is 1.05 bits per heavy atom. The summed E-state index contributed by atoms with van der Waals surface area (Å²) >= 11 is 5.99. The summed E-state index contributed by atoms with van der Waals surface area (Å²) in [5.74, 6) is 0. The summed E-state index contributed by atoms with van der Waals surface area (Å²) in [6.45, 7) is 0. The van der Waals surface area contributed by atoms with Gasteiger partial charge in [0.2, 0.25) is 0 Å². The van der Waals surface area contributed by atoms with Crippen LogP contribution in [0.5, 0.6) is 0 Å². The first-order valence-electron chi connectivity index (χ1n) is 6.86. The highest BCUT2D eigenvalue weighted by Gasteiger charge is 2.12. The highest BCUT2D eigenvalue weighted by molar-refractivity contribution is 6.30. The highest BCUT2D eigenvalue weighted by Crippen LogP contribution is 2.29. The molecule has 0 fully saturated rings. The molecule has 2 aromatic heterocycles. The van der Waals surface area contributed by atoms with Gasteiger partial charge in [-0.3, -0.25) is 14.7 Å². The van der Waals surface area contributed by atoms with Gasteiger partial charge in [-0.15, -0.1) is 0 Å². The van der Waals surface area contributed by atoms with Gasteiger partial charge in [0.15, 0.2) is 5.49 Å². The second-order valence-corrected chi connectivity index (χ2v) is 5.29. The summed E-state index contributed by atoms with van der Waals surface area (Å²) in [5, 5.41) is 5.11. The molecule has 0 N–H and O–H groups in total. The lowest BCUT2D eigenvalue weighted by atomic mass is 9.98. The van der Waals surface area contributed by atoms with Crippen LogP contribution in [0.3, 0.4) is 0 Å². The third-order valence-electron chi connectivity index (χ3n) is 3.48. The zero-order valence-electron chi connectivity index (χ0n) is 12.4. The van der Waals surface area contributed by atoms with Crippen molar-refractivity contribution in [2.24, 2.45) is 12.0 Å². The van der Waals surface area contributed by atoms with E-state index in [1.54, 1.807) is 17.9 Å². The monoisotopic (exact) mass is 310 g/mol. The highest BCUT2D eigenvalue weighted by atomic mass is 35.5. The minimum Gasteiger partial charge on any atom is -0.270 e. The van der Waals surface area contributed by atoms with E-state index in [0.29, 0.717) is 5.02 Å². The number of rotatable bonds is 2. The Labute approximate surface area is 133 Å². The summed E-state index contributed by atoms with van der Waals surface area (Å²) in [6, 6.07) is 11.7. The van der Waals surface area contributed by atoms with E-state index >= 15 is 0 Å². The summed E-state index contributed by atoms with van der Waals surface area (Å²) in [4.78, 5) is 8.62. The van der Waals surface area contributed by atoms with Gasteiger partial charge in [-0.1, -0.05) is 29.8 Å². The van der Waals surface area contributed by atoms with E-state index in [1.165, 1.54) is 0 Å². The Morgan fingerprint density at radius 3 is 2.45 bits per heavy atom. The zero-order valence-corrected chi connectivity index (χ0v) is 13.1. The third kappa shape index (κ3) is 2.65. The van der Waals surface area contributed by atoms with Crippen LogP contribution in [0.15, 0.2) is 60.0 Å². The smallest absolute Gasteiger partial charge is 0.152 e. The normalized spacial score (nSPS) is 11.7. The molecule has 0 amide bonds. The molecule has 4 nitrogen and oxygen atoms in total. The van der Waals surface area contributed by atoms with Crippen molar-refractivity contribution < 1.29 is 0 Å². The van der Waals surface area contributed by atoms with Gasteiger partial charge < -0.3 is 0 Å². The first-order valence-corrected chi connectivity index (χ1v) is 7.24.